The van der Waals surface area contributed by atoms with Crippen LogP contribution in [0.3, 0.4) is 0 Å². The normalized spacial score (nSPS) is 11.8. The molecule has 1 aromatic heterocycles. The molecule has 0 aliphatic rings. The molecule has 2 aromatic carbocycles. The summed E-state index contributed by atoms with van der Waals surface area (Å²) in [7, 11) is 3.33. The number of aryl methyl sites for hydroxylation is 1. The van der Waals surface area contributed by atoms with Crippen molar-refractivity contribution in [2.45, 2.75) is 25.5 Å². The van der Waals surface area contributed by atoms with Crippen LogP contribution in [0.4, 0.5) is 0 Å². The van der Waals surface area contributed by atoms with Crippen molar-refractivity contribution in [1.82, 2.24) is 9.55 Å². The summed E-state index contributed by atoms with van der Waals surface area (Å²) in [5, 5.41) is 0. The highest BCUT2D eigenvalue weighted by atomic mass is 16.5. The van der Waals surface area contributed by atoms with E-state index in [4.69, 9.17) is 14.2 Å². The molecule has 0 spiro atoms. The molecule has 26 heavy (non-hydrogen) atoms. The number of methoxy groups -OCH3 is 2. The van der Waals surface area contributed by atoms with Gasteiger partial charge in [-0.1, -0.05) is 24.3 Å². The number of imidazole rings is 1. The van der Waals surface area contributed by atoms with Gasteiger partial charge < -0.3 is 18.8 Å². The van der Waals surface area contributed by atoms with Crippen LogP contribution in [0.2, 0.25) is 0 Å². The first-order valence-corrected chi connectivity index (χ1v) is 8.67. The van der Waals surface area contributed by atoms with E-state index in [2.05, 4.69) is 17.1 Å². The number of hydrogen-bond acceptors (Lipinski definition) is 4. The Balaban J connectivity index is 1.70. The molecule has 0 saturated heterocycles. The van der Waals surface area contributed by atoms with Crippen molar-refractivity contribution in [2.75, 3.05) is 14.2 Å². The highest BCUT2D eigenvalue weighted by Gasteiger charge is 2.14. The van der Waals surface area contributed by atoms with Gasteiger partial charge in [0, 0.05) is 12.4 Å². The highest BCUT2D eigenvalue weighted by molar-refractivity contribution is 5.39. The molecule has 5 nitrogen and oxygen atoms in total. The zero-order valence-corrected chi connectivity index (χ0v) is 15.2. The van der Waals surface area contributed by atoms with Gasteiger partial charge in [-0.3, -0.25) is 0 Å². The van der Waals surface area contributed by atoms with Crippen LogP contribution in [0.15, 0.2) is 67.3 Å². The van der Waals surface area contributed by atoms with Crippen LogP contribution in [-0.4, -0.2) is 29.9 Å². The van der Waals surface area contributed by atoms with E-state index in [1.807, 2.05) is 53.5 Å². The van der Waals surface area contributed by atoms with Crippen LogP contribution >= 0.6 is 0 Å². The van der Waals surface area contributed by atoms with Crippen LogP contribution < -0.4 is 14.2 Å². The SMILES string of the molecule is COc1ccc(CCC(Cn2ccnc2)Oc2ccccc2OC)cc1. The molecule has 0 aliphatic heterocycles. The van der Waals surface area contributed by atoms with E-state index in [1.165, 1.54) is 5.56 Å². The number of hydrogen-bond donors (Lipinski definition) is 0. The maximum absolute atomic E-state index is 6.28. The first-order valence-electron chi connectivity index (χ1n) is 8.67. The fourth-order valence-corrected chi connectivity index (χ4v) is 2.83. The quantitative estimate of drug-likeness (QED) is 0.584. The fourth-order valence-electron chi connectivity index (χ4n) is 2.83. The maximum atomic E-state index is 6.28. The lowest BCUT2D eigenvalue weighted by Crippen LogP contribution is -2.23. The Bertz CT molecular complexity index is 785. The lowest BCUT2D eigenvalue weighted by atomic mass is 10.1. The van der Waals surface area contributed by atoms with Gasteiger partial charge in [-0.15, -0.1) is 0 Å². The lowest BCUT2D eigenvalue weighted by Gasteiger charge is -2.21. The number of para-hydroxylation sites is 2. The van der Waals surface area contributed by atoms with Crippen LogP contribution in [0.5, 0.6) is 17.2 Å². The second kappa shape index (κ2) is 8.94. The lowest BCUT2D eigenvalue weighted by molar-refractivity contribution is 0.164. The highest BCUT2D eigenvalue weighted by Crippen LogP contribution is 2.28. The van der Waals surface area contributed by atoms with Gasteiger partial charge in [0.2, 0.25) is 0 Å². The maximum Gasteiger partial charge on any atom is 0.161 e. The Labute approximate surface area is 154 Å². The minimum absolute atomic E-state index is 0.00241. The monoisotopic (exact) mass is 352 g/mol. The van der Waals surface area contributed by atoms with Crippen molar-refractivity contribution in [1.29, 1.82) is 0 Å². The number of rotatable bonds is 9. The minimum Gasteiger partial charge on any atom is -0.497 e. The average Bonchev–Trinajstić information content (AvgIpc) is 3.20. The third-order valence-electron chi connectivity index (χ3n) is 4.25. The Morgan fingerprint density at radius 2 is 1.73 bits per heavy atom. The molecule has 0 saturated carbocycles. The van der Waals surface area contributed by atoms with Crippen LogP contribution in [0.25, 0.3) is 0 Å². The second-order valence-electron chi connectivity index (χ2n) is 6.04. The van der Waals surface area contributed by atoms with E-state index >= 15 is 0 Å². The summed E-state index contributed by atoms with van der Waals surface area (Å²) >= 11 is 0. The Hall–Kier alpha value is -2.95. The first-order chi connectivity index (χ1) is 12.8. The zero-order chi connectivity index (χ0) is 18.2. The van der Waals surface area contributed by atoms with E-state index in [0.29, 0.717) is 0 Å². The fraction of sp³-hybridized carbons (Fsp3) is 0.286. The van der Waals surface area contributed by atoms with E-state index in [9.17, 15) is 0 Å². The summed E-state index contributed by atoms with van der Waals surface area (Å²) < 4.78 is 18.9. The van der Waals surface area contributed by atoms with Crippen molar-refractivity contribution in [2.24, 2.45) is 0 Å². The molecule has 0 N–H and O–H groups in total. The Morgan fingerprint density at radius 1 is 0.962 bits per heavy atom. The van der Waals surface area contributed by atoms with Gasteiger partial charge in [0.05, 0.1) is 27.1 Å². The predicted octanol–water partition coefficient (Wildman–Crippen LogP) is 3.98. The van der Waals surface area contributed by atoms with E-state index < -0.39 is 0 Å². The van der Waals surface area contributed by atoms with Crippen LogP contribution in [0.1, 0.15) is 12.0 Å². The molecule has 0 bridgehead atoms. The molecular formula is C21H24N2O3. The van der Waals surface area contributed by atoms with Crippen molar-refractivity contribution in [3.8, 4) is 17.2 Å². The largest absolute Gasteiger partial charge is 0.497 e. The van der Waals surface area contributed by atoms with Gasteiger partial charge in [0.25, 0.3) is 0 Å². The summed E-state index contributed by atoms with van der Waals surface area (Å²) in [6.07, 6.45) is 7.34. The third-order valence-corrected chi connectivity index (χ3v) is 4.25. The second-order valence-corrected chi connectivity index (χ2v) is 6.04. The average molecular weight is 352 g/mol. The molecule has 1 atom stereocenters. The number of aromatic nitrogens is 2. The van der Waals surface area contributed by atoms with E-state index in [-0.39, 0.29) is 6.10 Å². The van der Waals surface area contributed by atoms with Crippen molar-refractivity contribution >= 4 is 0 Å². The summed E-state index contributed by atoms with van der Waals surface area (Å²) in [4.78, 5) is 4.12. The first kappa shape index (κ1) is 17.9. The van der Waals surface area contributed by atoms with Crippen molar-refractivity contribution in [3.63, 3.8) is 0 Å². The number of ether oxygens (including phenoxy) is 3. The molecule has 136 valence electrons. The minimum atomic E-state index is 0.00241. The summed E-state index contributed by atoms with van der Waals surface area (Å²) in [6, 6.07) is 15.9. The van der Waals surface area contributed by atoms with Crippen LogP contribution in [0, 0.1) is 0 Å². The molecular weight excluding hydrogens is 328 g/mol. The number of nitrogens with zero attached hydrogens (tertiary/aromatic N) is 2. The van der Waals surface area contributed by atoms with Gasteiger partial charge in [-0.25, -0.2) is 4.98 Å². The Kier molecular flexibility index (Phi) is 6.14. The molecule has 3 rings (SSSR count). The summed E-state index contributed by atoms with van der Waals surface area (Å²) in [6.45, 7) is 0.730. The topological polar surface area (TPSA) is 45.5 Å². The third kappa shape index (κ3) is 4.79. The van der Waals surface area contributed by atoms with Gasteiger partial charge in [-0.05, 0) is 42.7 Å². The molecule has 0 radical (unpaired) electrons. The zero-order valence-electron chi connectivity index (χ0n) is 15.2. The molecule has 0 fully saturated rings. The molecule has 0 amide bonds. The summed E-state index contributed by atoms with van der Waals surface area (Å²) in [5.41, 5.74) is 1.25. The standard InChI is InChI=1S/C21H24N2O3/c1-24-18-10-7-17(8-11-18)9-12-19(15-23-14-13-22-16-23)26-21-6-4-3-5-20(21)25-2/h3-8,10-11,13-14,16,19H,9,12,15H2,1-2H3. The molecule has 3 aromatic rings. The molecule has 1 heterocycles. The number of benzene rings is 2. The molecule has 1 unspecified atom stereocenters. The van der Waals surface area contributed by atoms with E-state index in [1.54, 1.807) is 20.4 Å². The van der Waals surface area contributed by atoms with Gasteiger partial charge in [-0.2, -0.15) is 0 Å². The smallest absolute Gasteiger partial charge is 0.161 e. The van der Waals surface area contributed by atoms with Crippen LogP contribution in [-0.2, 0) is 13.0 Å². The molecule has 0 aliphatic carbocycles. The predicted molar refractivity (Wildman–Crippen MR) is 101 cm³/mol. The van der Waals surface area contributed by atoms with Gasteiger partial charge >= 0.3 is 0 Å². The van der Waals surface area contributed by atoms with E-state index in [0.717, 1.165) is 36.6 Å². The van der Waals surface area contributed by atoms with Gasteiger partial charge in [0.1, 0.15) is 11.9 Å². The molecule has 5 heteroatoms. The Morgan fingerprint density at radius 3 is 2.38 bits per heavy atom. The summed E-state index contributed by atoms with van der Waals surface area (Å²) in [5.74, 6) is 2.37. The van der Waals surface area contributed by atoms with Crippen molar-refractivity contribution < 1.29 is 14.2 Å². The van der Waals surface area contributed by atoms with Crippen molar-refractivity contribution in [3.05, 3.63) is 72.8 Å². The van der Waals surface area contributed by atoms with Gasteiger partial charge in [0.15, 0.2) is 11.5 Å².